The van der Waals surface area contributed by atoms with Crippen LogP contribution in [0.5, 0.6) is 5.75 Å². The maximum absolute atomic E-state index is 13.8. The summed E-state index contributed by atoms with van der Waals surface area (Å²) in [5.41, 5.74) is 3.00. The highest BCUT2D eigenvalue weighted by atomic mass is 35.5. The van der Waals surface area contributed by atoms with Crippen LogP contribution >= 0.6 is 35.1 Å². The lowest BCUT2D eigenvalue weighted by atomic mass is 10.1. The van der Waals surface area contributed by atoms with Crippen LogP contribution in [-0.2, 0) is 11.2 Å². The van der Waals surface area contributed by atoms with Gasteiger partial charge in [0, 0.05) is 23.0 Å². The average Bonchev–Trinajstić information content (AvgIpc) is 3.39. The summed E-state index contributed by atoms with van der Waals surface area (Å²) in [5.74, 6) is 0.753. The number of carbonyl (C=O) groups excluding carboxylic acids is 1. The fourth-order valence-corrected chi connectivity index (χ4v) is 6.57. The molecule has 0 atom stereocenters. The maximum Gasteiger partial charge on any atom is 0.269 e. The largest absolute Gasteiger partial charge is 0.497 e. The molecule has 1 fully saturated rings. The van der Waals surface area contributed by atoms with Crippen LogP contribution in [0.2, 0.25) is 5.02 Å². The van der Waals surface area contributed by atoms with Crippen LogP contribution in [0.15, 0.2) is 92.6 Å². The summed E-state index contributed by atoms with van der Waals surface area (Å²) < 4.78 is 5.27. The summed E-state index contributed by atoms with van der Waals surface area (Å²) in [6, 6.07) is 23.6. The average molecular weight is 522 g/mol. The van der Waals surface area contributed by atoms with Gasteiger partial charge in [0.1, 0.15) is 15.7 Å². The maximum atomic E-state index is 13.8. The van der Waals surface area contributed by atoms with Crippen molar-refractivity contribution in [2.75, 3.05) is 25.1 Å². The van der Waals surface area contributed by atoms with Gasteiger partial charge in [0.25, 0.3) is 5.91 Å². The number of thioether (sulfide) groups is 2. The van der Waals surface area contributed by atoms with Crippen LogP contribution in [-0.4, -0.2) is 36.2 Å². The molecule has 8 heteroatoms. The molecule has 0 unspecified atom stereocenters. The van der Waals surface area contributed by atoms with Crippen molar-refractivity contribution in [2.24, 2.45) is 4.99 Å². The van der Waals surface area contributed by atoms with E-state index in [1.165, 1.54) is 17.3 Å². The minimum atomic E-state index is -0.0157. The number of hydrogen-bond donors (Lipinski definition) is 0. The van der Waals surface area contributed by atoms with Crippen molar-refractivity contribution < 1.29 is 9.53 Å². The van der Waals surface area contributed by atoms with Gasteiger partial charge in [-0.25, -0.2) is 4.99 Å². The Morgan fingerprint density at radius 1 is 0.971 bits per heavy atom. The van der Waals surface area contributed by atoms with E-state index >= 15 is 0 Å². The lowest BCUT2D eigenvalue weighted by Gasteiger charge is -2.19. The van der Waals surface area contributed by atoms with Crippen molar-refractivity contribution in [3.8, 4) is 5.75 Å². The molecule has 0 aromatic heterocycles. The van der Waals surface area contributed by atoms with E-state index in [0.29, 0.717) is 21.6 Å². The number of nitrogens with zero attached hydrogens (tertiary/aromatic N) is 3. The summed E-state index contributed by atoms with van der Waals surface area (Å²) in [6.07, 6.45) is 0.748. The Kier molecular flexibility index (Phi) is 7.09. The molecule has 178 valence electrons. The first-order chi connectivity index (χ1) is 17.1. The first-order valence-corrected chi connectivity index (χ1v) is 13.3. The second kappa shape index (κ2) is 10.4. The van der Waals surface area contributed by atoms with Crippen molar-refractivity contribution >= 4 is 57.6 Å². The zero-order valence-electron chi connectivity index (χ0n) is 19.4. The van der Waals surface area contributed by atoms with Gasteiger partial charge in [0.05, 0.1) is 18.5 Å². The zero-order chi connectivity index (χ0) is 24.4. The van der Waals surface area contributed by atoms with Crippen molar-refractivity contribution in [3.63, 3.8) is 0 Å². The minimum Gasteiger partial charge on any atom is -0.497 e. The quantitative estimate of drug-likeness (QED) is 0.328. The molecule has 0 radical (unpaired) electrons. The van der Waals surface area contributed by atoms with E-state index in [9.17, 15) is 4.79 Å². The van der Waals surface area contributed by atoms with E-state index < -0.39 is 0 Å². The molecule has 5 rings (SSSR count). The third-order valence-corrected chi connectivity index (χ3v) is 8.42. The highest BCUT2D eigenvalue weighted by Gasteiger charge is 2.39. The minimum absolute atomic E-state index is 0.0157. The summed E-state index contributed by atoms with van der Waals surface area (Å²) in [6.45, 7) is 3.37. The lowest BCUT2D eigenvalue weighted by Crippen LogP contribution is -2.32. The summed E-state index contributed by atoms with van der Waals surface area (Å²) in [7, 11) is 1.64. The van der Waals surface area contributed by atoms with Crippen LogP contribution in [0, 0.1) is 0 Å². The van der Waals surface area contributed by atoms with Crippen molar-refractivity contribution in [3.05, 3.63) is 93.3 Å². The molecule has 0 N–H and O–H groups in total. The third kappa shape index (κ3) is 4.94. The van der Waals surface area contributed by atoms with E-state index in [2.05, 4.69) is 24.0 Å². The highest BCUT2D eigenvalue weighted by Crippen LogP contribution is 2.51. The van der Waals surface area contributed by atoms with Gasteiger partial charge in [-0.1, -0.05) is 53.7 Å². The molecule has 3 aromatic carbocycles. The number of ether oxygens (including phenoxy) is 1. The molecule has 0 bridgehead atoms. The normalized spacial score (nSPS) is 18.5. The van der Waals surface area contributed by atoms with Crippen molar-refractivity contribution in [2.45, 2.75) is 18.2 Å². The molecule has 0 saturated carbocycles. The van der Waals surface area contributed by atoms with Gasteiger partial charge >= 0.3 is 0 Å². The van der Waals surface area contributed by atoms with Crippen LogP contribution in [0.3, 0.4) is 0 Å². The second-order valence-corrected chi connectivity index (χ2v) is 10.4. The SMILES string of the molecule is CCN1C(=C2SC(=Nc3ccc(OC)cc3)N(CCc3ccccc3)C2=O)Sc2ccc(Cl)cc21. The third-order valence-electron chi connectivity index (χ3n) is 5.80. The number of amides is 1. The molecular weight excluding hydrogens is 498 g/mol. The molecule has 2 aliphatic heterocycles. The van der Waals surface area contributed by atoms with Gasteiger partial charge in [-0.05, 0) is 73.1 Å². The predicted molar refractivity (Wildman–Crippen MR) is 147 cm³/mol. The topological polar surface area (TPSA) is 45.1 Å². The van der Waals surface area contributed by atoms with Crippen LogP contribution in [0.4, 0.5) is 11.4 Å². The Morgan fingerprint density at radius 2 is 1.74 bits per heavy atom. The summed E-state index contributed by atoms with van der Waals surface area (Å²) in [4.78, 5) is 24.4. The zero-order valence-corrected chi connectivity index (χ0v) is 21.8. The Hall–Kier alpha value is -2.87. The molecule has 35 heavy (non-hydrogen) atoms. The molecule has 5 nitrogen and oxygen atoms in total. The van der Waals surface area contributed by atoms with Gasteiger partial charge in [0.2, 0.25) is 0 Å². The van der Waals surface area contributed by atoms with Gasteiger partial charge in [0.15, 0.2) is 5.17 Å². The molecule has 0 aliphatic carbocycles. The Labute approximate surface area is 218 Å². The predicted octanol–water partition coefficient (Wildman–Crippen LogP) is 6.96. The standard InChI is InChI=1S/C27H24ClN3O2S2/c1-3-30-22-17-19(28)9-14-23(22)34-26(30)24-25(32)31(16-15-18-7-5-4-6-8-18)27(35-24)29-20-10-12-21(33-2)13-11-20/h4-14,17H,3,15-16H2,1-2H3. The van der Waals surface area contributed by atoms with E-state index in [1.807, 2.05) is 60.7 Å². The number of halogens is 1. The number of rotatable bonds is 6. The molecule has 0 spiro atoms. The molecule has 2 aliphatic rings. The number of amidine groups is 1. The van der Waals surface area contributed by atoms with Gasteiger partial charge in [-0.3, -0.25) is 9.69 Å². The number of carbonyl (C=O) groups is 1. The number of anilines is 1. The summed E-state index contributed by atoms with van der Waals surface area (Å²) in [5, 5.41) is 2.30. The van der Waals surface area contributed by atoms with Crippen molar-refractivity contribution in [1.82, 2.24) is 4.90 Å². The van der Waals surface area contributed by atoms with Gasteiger partial charge in [-0.2, -0.15) is 0 Å². The number of hydrogen-bond acceptors (Lipinski definition) is 6. The van der Waals surface area contributed by atoms with Crippen molar-refractivity contribution in [1.29, 1.82) is 0 Å². The van der Waals surface area contributed by atoms with Crippen LogP contribution in [0.1, 0.15) is 12.5 Å². The van der Waals surface area contributed by atoms with E-state index in [1.54, 1.807) is 23.8 Å². The summed E-state index contributed by atoms with van der Waals surface area (Å²) >= 11 is 9.33. The molecular formula is C27H24ClN3O2S2. The number of fused-ring (bicyclic) bond motifs is 1. The second-order valence-electron chi connectivity index (χ2n) is 7.98. The fourth-order valence-electron chi connectivity index (χ4n) is 4.01. The molecule has 3 aromatic rings. The number of aliphatic imine (C=N–C) groups is 1. The first kappa shape index (κ1) is 23.9. The fraction of sp³-hybridized carbons (Fsp3) is 0.185. The highest BCUT2D eigenvalue weighted by molar-refractivity contribution is 8.19. The van der Waals surface area contributed by atoms with Crippen LogP contribution in [0.25, 0.3) is 0 Å². The lowest BCUT2D eigenvalue weighted by molar-refractivity contribution is -0.122. The first-order valence-electron chi connectivity index (χ1n) is 11.3. The Morgan fingerprint density at radius 3 is 2.46 bits per heavy atom. The smallest absolute Gasteiger partial charge is 0.269 e. The van der Waals surface area contributed by atoms with Gasteiger partial charge < -0.3 is 9.64 Å². The molecule has 1 saturated heterocycles. The van der Waals surface area contributed by atoms with E-state index in [0.717, 1.165) is 40.0 Å². The molecule has 1 amide bonds. The Bertz CT molecular complexity index is 1310. The van der Waals surface area contributed by atoms with E-state index in [-0.39, 0.29) is 5.91 Å². The Balaban J connectivity index is 1.51. The van der Waals surface area contributed by atoms with Crippen LogP contribution < -0.4 is 9.64 Å². The van der Waals surface area contributed by atoms with Gasteiger partial charge in [-0.15, -0.1) is 0 Å². The van der Waals surface area contributed by atoms with E-state index in [4.69, 9.17) is 21.3 Å². The number of benzene rings is 3. The molecule has 2 heterocycles. The monoisotopic (exact) mass is 521 g/mol. The number of methoxy groups -OCH3 is 1.